The Morgan fingerprint density at radius 2 is 1.92 bits per heavy atom. The first-order valence-corrected chi connectivity index (χ1v) is 9.59. The first-order valence-electron chi connectivity index (χ1n) is 7.70. The number of carbonyl (C=O) groups excluding carboxylic acids is 2. The molecule has 2 unspecified atom stereocenters. The van der Waals surface area contributed by atoms with Crippen molar-refractivity contribution in [3.63, 3.8) is 0 Å². The predicted octanol–water partition coefficient (Wildman–Crippen LogP) is 1.75. The number of amides is 1. The number of methoxy groups -OCH3 is 1. The second kappa shape index (κ2) is 8.64. The molecule has 0 radical (unpaired) electrons. The highest BCUT2D eigenvalue weighted by Crippen LogP contribution is 2.26. The molecular weight excluding hydrogens is 368 g/mol. The monoisotopic (exact) mass is 390 g/mol. The van der Waals surface area contributed by atoms with Gasteiger partial charge in [0.1, 0.15) is 0 Å². The van der Waals surface area contributed by atoms with Crippen molar-refractivity contribution in [3.05, 3.63) is 23.8 Å². The number of halogens is 1. The summed E-state index contributed by atoms with van der Waals surface area (Å²) in [7, 11) is -2.33. The number of benzene rings is 1. The summed E-state index contributed by atoms with van der Waals surface area (Å²) < 4.78 is 28.2. The summed E-state index contributed by atoms with van der Waals surface area (Å²) >= 11 is 0. The van der Waals surface area contributed by atoms with Crippen LogP contribution in [0, 0.1) is 5.92 Å². The Morgan fingerprint density at radius 3 is 2.48 bits per heavy atom. The summed E-state index contributed by atoms with van der Waals surface area (Å²) in [5.74, 6) is -1.10. The van der Waals surface area contributed by atoms with Gasteiger partial charge in [-0.05, 0) is 37.5 Å². The molecule has 0 saturated heterocycles. The lowest BCUT2D eigenvalue weighted by Crippen LogP contribution is -2.34. The van der Waals surface area contributed by atoms with Gasteiger partial charge < -0.3 is 15.8 Å². The van der Waals surface area contributed by atoms with Gasteiger partial charge >= 0.3 is 5.97 Å². The van der Waals surface area contributed by atoms with Gasteiger partial charge in [0.2, 0.25) is 5.91 Å². The van der Waals surface area contributed by atoms with E-state index >= 15 is 0 Å². The maximum Gasteiger partial charge on any atom is 0.337 e. The number of esters is 1. The molecule has 1 aromatic rings. The van der Waals surface area contributed by atoms with Crippen molar-refractivity contribution >= 4 is 39.8 Å². The fourth-order valence-corrected chi connectivity index (χ4v) is 3.51. The molecule has 1 aromatic carbocycles. The number of rotatable bonds is 4. The maximum absolute atomic E-state index is 12.4. The summed E-state index contributed by atoms with van der Waals surface area (Å²) in [5.41, 5.74) is 6.22. The molecule has 2 atom stereocenters. The maximum atomic E-state index is 12.4. The third kappa shape index (κ3) is 5.69. The Labute approximate surface area is 153 Å². The molecule has 3 N–H and O–H groups in total. The first kappa shape index (κ1) is 21.4. The third-order valence-corrected chi connectivity index (χ3v) is 5.20. The van der Waals surface area contributed by atoms with Crippen molar-refractivity contribution in [1.82, 2.24) is 0 Å². The quantitative estimate of drug-likeness (QED) is 0.756. The average Bonchev–Trinajstić information content (AvgIpc) is 2.53. The molecule has 0 bridgehead atoms. The Balaban J connectivity index is 0.00000312. The summed E-state index contributed by atoms with van der Waals surface area (Å²) in [4.78, 5) is 24.1. The fourth-order valence-electron chi connectivity index (χ4n) is 2.83. The molecule has 1 aliphatic rings. The van der Waals surface area contributed by atoms with E-state index in [2.05, 4.69) is 10.1 Å². The molecule has 25 heavy (non-hydrogen) atoms. The number of anilines is 1. The Morgan fingerprint density at radius 1 is 1.24 bits per heavy atom. The minimum atomic E-state index is -3.54. The lowest BCUT2D eigenvalue weighted by molar-refractivity contribution is -0.120. The van der Waals surface area contributed by atoms with Crippen molar-refractivity contribution in [2.75, 3.05) is 18.7 Å². The van der Waals surface area contributed by atoms with Gasteiger partial charge in [-0.25, -0.2) is 13.2 Å². The SMILES string of the molecule is COC(=O)c1cc(NC(=O)C2CCCC(N)C2)cc(S(C)(=O)=O)c1.Cl. The van der Waals surface area contributed by atoms with Crippen LogP contribution in [-0.4, -0.2) is 39.7 Å². The number of ether oxygens (including phenoxy) is 1. The van der Waals surface area contributed by atoms with Crippen LogP contribution < -0.4 is 11.1 Å². The van der Waals surface area contributed by atoms with E-state index in [1.165, 1.54) is 25.3 Å². The van der Waals surface area contributed by atoms with Crippen LogP contribution in [0.2, 0.25) is 0 Å². The largest absolute Gasteiger partial charge is 0.465 e. The van der Waals surface area contributed by atoms with E-state index in [4.69, 9.17) is 5.73 Å². The van der Waals surface area contributed by atoms with Crippen molar-refractivity contribution in [2.24, 2.45) is 11.7 Å². The van der Waals surface area contributed by atoms with E-state index in [-0.39, 0.29) is 46.4 Å². The average molecular weight is 391 g/mol. The smallest absolute Gasteiger partial charge is 0.337 e. The molecule has 1 saturated carbocycles. The van der Waals surface area contributed by atoms with Crippen LogP contribution in [0.5, 0.6) is 0 Å². The van der Waals surface area contributed by atoms with Crippen molar-refractivity contribution < 1.29 is 22.7 Å². The standard InChI is InChI=1S/C16H22N2O5S.ClH/c1-23-16(20)11-7-13(9-14(8-11)24(2,21)22)18-15(19)10-4-3-5-12(17)6-10;/h7-10,12H,3-6,17H2,1-2H3,(H,18,19);1H. The molecule has 2 rings (SSSR count). The van der Waals surface area contributed by atoms with E-state index in [1.807, 2.05) is 0 Å². The highest BCUT2D eigenvalue weighted by atomic mass is 35.5. The van der Waals surface area contributed by atoms with E-state index in [9.17, 15) is 18.0 Å². The Bertz CT molecular complexity index is 751. The Hall–Kier alpha value is -1.64. The van der Waals surface area contributed by atoms with Crippen LogP contribution in [0.1, 0.15) is 36.0 Å². The molecule has 0 spiro atoms. The zero-order chi connectivity index (χ0) is 17.9. The number of hydrogen-bond acceptors (Lipinski definition) is 6. The molecule has 1 fully saturated rings. The van der Waals surface area contributed by atoms with Crippen LogP contribution in [0.15, 0.2) is 23.1 Å². The molecule has 0 aliphatic heterocycles. The molecule has 140 valence electrons. The van der Waals surface area contributed by atoms with Crippen molar-refractivity contribution in [2.45, 2.75) is 36.6 Å². The molecule has 0 heterocycles. The molecule has 7 nitrogen and oxygen atoms in total. The van der Waals surface area contributed by atoms with E-state index in [0.29, 0.717) is 6.42 Å². The minimum Gasteiger partial charge on any atom is -0.465 e. The lowest BCUT2D eigenvalue weighted by atomic mass is 9.85. The fraction of sp³-hybridized carbons (Fsp3) is 0.500. The van der Waals surface area contributed by atoms with E-state index in [0.717, 1.165) is 25.5 Å². The number of nitrogens with two attached hydrogens (primary N) is 1. The van der Waals surface area contributed by atoms with Crippen LogP contribution in [0.3, 0.4) is 0 Å². The number of sulfone groups is 1. The van der Waals surface area contributed by atoms with Gasteiger partial charge in [-0.3, -0.25) is 4.79 Å². The molecule has 0 aromatic heterocycles. The van der Waals surface area contributed by atoms with Crippen LogP contribution in [0.4, 0.5) is 5.69 Å². The van der Waals surface area contributed by atoms with Crippen LogP contribution in [0.25, 0.3) is 0 Å². The highest BCUT2D eigenvalue weighted by molar-refractivity contribution is 7.90. The summed E-state index contributed by atoms with van der Waals surface area (Å²) in [6, 6.07) is 3.97. The van der Waals surface area contributed by atoms with Crippen LogP contribution >= 0.6 is 12.4 Å². The van der Waals surface area contributed by atoms with Gasteiger partial charge in [0, 0.05) is 23.9 Å². The van der Waals surface area contributed by atoms with Crippen LogP contribution in [-0.2, 0) is 19.4 Å². The number of carbonyl (C=O) groups is 2. The summed E-state index contributed by atoms with van der Waals surface area (Å²) in [5, 5.41) is 2.70. The highest BCUT2D eigenvalue weighted by Gasteiger charge is 2.26. The molecule has 1 amide bonds. The number of hydrogen-bond donors (Lipinski definition) is 2. The summed E-state index contributed by atoms with van der Waals surface area (Å²) in [6.45, 7) is 0. The minimum absolute atomic E-state index is 0. The molecular formula is C16H23ClN2O5S. The van der Waals surface area contributed by atoms with Gasteiger partial charge in [0.15, 0.2) is 9.84 Å². The zero-order valence-corrected chi connectivity index (χ0v) is 15.8. The number of nitrogens with one attached hydrogen (secondary N) is 1. The lowest BCUT2D eigenvalue weighted by Gasteiger charge is -2.25. The normalized spacial score (nSPS) is 20.3. The second-order valence-corrected chi connectivity index (χ2v) is 8.14. The summed E-state index contributed by atoms with van der Waals surface area (Å²) in [6.07, 6.45) is 4.17. The molecule has 1 aliphatic carbocycles. The Kier molecular flexibility index (Phi) is 7.40. The van der Waals surface area contributed by atoms with Gasteiger partial charge in [0.05, 0.1) is 17.6 Å². The van der Waals surface area contributed by atoms with Gasteiger partial charge in [-0.1, -0.05) is 6.42 Å². The molecule has 9 heteroatoms. The van der Waals surface area contributed by atoms with E-state index < -0.39 is 15.8 Å². The van der Waals surface area contributed by atoms with Gasteiger partial charge in [-0.2, -0.15) is 0 Å². The van der Waals surface area contributed by atoms with Gasteiger partial charge in [-0.15, -0.1) is 12.4 Å². The first-order chi connectivity index (χ1) is 11.2. The predicted molar refractivity (Wildman–Crippen MR) is 96.7 cm³/mol. The topological polar surface area (TPSA) is 116 Å². The van der Waals surface area contributed by atoms with Crippen molar-refractivity contribution in [1.29, 1.82) is 0 Å². The third-order valence-electron chi connectivity index (χ3n) is 4.11. The second-order valence-electron chi connectivity index (χ2n) is 6.12. The zero-order valence-electron chi connectivity index (χ0n) is 14.2. The van der Waals surface area contributed by atoms with E-state index in [1.54, 1.807) is 0 Å². The van der Waals surface area contributed by atoms with Gasteiger partial charge in [0.25, 0.3) is 0 Å². The van der Waals surface area contributed by atoms with Crippen molar-refractivity contribution in [3.8, 4) is 0 Å².